The maximum atomic E-state index is 6.65. The van der Waals surface area contributed by atoms with E-state index in [9.17, 15) is 0 Å². The van der Waals surface area contributed by atoms with Crippen molar-refractivity contribution in [3.63, 3.8) is 0 Å². The summed E-state index contributed by atoms with van der Waals surface area (Å²) in [7, 11) is 0. The Bertz CT molecular complexity index is 1040. The first-order valence-electron chi connectivity index (χ1n) is 10.2. The van der Waals surface area contributed by atoms with Crippen molar-refractivity contribution in [2.75, 3.05) is 0 Å². The SMILES string of the molecule is CCC/C=C/N=c1/cc(C2=C(c3cc(C)ccc3Cl)C3C(C)C3C=C2)cc[nH]1. The molecule has 3 unspecified atom stereocenters. The number of hydrogen-bond acceptors (Lipinski definition) is 1. The molecule has 1 aromatic heterocycles. The maximum Gasteiger partial charge on any atom is 0.130 e. The van der Waals surface area contributed by atoms with Crippen LogP contribution in [0.4, 0.5) is 0 Å². The molecule has 1 saturated carbocycles. The third kappa shape index (κ3) is 3.66. The van der Waals surface area contributed by atoms with Gasteiger partial charge in [-0.15, -0.1) is 0 Å². The molecule has 1 aromatic carbocycles. The molecule has 0 amide bonds. The normalized spacial score (nSPS) is 24.1. The predicted molar refractivity (Wildman–Crippen MR) is 119 cm³/mol. The summed E-state index contributed by atoms with van der Waals surface area (Å²) in [4.78, 5) is 7.80. The summed E-state index contributed by atoms with van der Waals surface area (Å²) >= 11 is 6.65. The van der Waals surface area contributed by atoms with E-state index < -0.39 is 0 Å². The van der Waals surface area contributed by atoms with Gasteiger partial charge in [-0.2, -0.15) is 0 Å². The molecule has 28 heavy (non-hydrogen) atoms. The van der Waals surface area contributed by atoms with Crippen LogP contribution >= 0.6 is 11.6 Å². The molecule has 1 heterocycles. The number of benzene rings is 1. The molecule has 2 aliphatic carbocycles. The average molecular weight is 391 g/mol. The van der Waals surface area contributed by atoms with Crippen LogP contribution in [0.2, 0.25) is 5.02 Å². The van der Waals surface area contributed by atoms with Gasteiger partial charge in [-0.25, -0.2) is 4.99 Å². The lowest BCUT2D eigenvalue weighted by Crippen LogP contribution is -2.08. The Labute approximate surface area is 172 Å². The molecule has 0 bridgehead atoms. The fraction of sp³-hybridized carbons (Fsp3) is 0.320. The lowest BCUT2D eigenvalue weighted by Gasteiger charge is -2.18. The van der Waals surface area contributed by atoms with Crippen LogP contribution < -0.4 is 5.49 Å². The van der Waals surface area contributed by atoms with E-state index in [1.807, 2.05) is 18.5 Å². The number of aromatic nitrogens is 1. The van der Waals surface area contributed by atoms with E-state index in [0.29, 0.717) is 17.8 Å². The quantitative estimate of drug-likeness (QED) is 0.599. The highest BCUT2D eigenvalue weighted by Gasteiger charge is 2.50. The third-order valence-corrected chi connectivity index (χ3v) is 6.17. The molecule has 0 aliphatic heterocycles. The summed E-state index contributed by atoms with van der Waals surface area (Å²) < 4.78 is 0. The summed E-state index contributed by atoms with van der Waals surface area (Å²) in [5.74, 6) is 1.84. The Morgan fingerprint density at radius 2 is 2.07 bits per heavy atom. The van der Waals surface area contributed by atoms with E-state index >= 15 is 0 Å². The van der Waals surface area contributed by atoms with Gasteiger partial charge in [0.2, 0.25) is 0 Å². The van der Waals surface area contributed by atoms with Crippen LogP contribution in [0.15, 0.2) is 65.9 Å². The van der Waals surface area contributed by atoms with Crippen LogP contribution in [0.1, 0.15) is 43.4 Å². The molecule has 0 saturated heterocycles. The topological polar surface area (TPSA) is 28.1 Å². The lowest BCUT2D eigenvalue weighted by molar-refractivity contribution is 0.889. The number of aromatic amines is 1. The van der Waals surface area contributed by atoms with E-state index in [4.69, 9.17) is 11.6 Å². The van der Waals surface area contributed by atoms with Gasteiger partial charge in [0.15, 0.2) is 0 Å². The Hall–Kier alpha value is -2.32. The van der Waals surface area contributed by atoms with Crippen LogP contribution in [0.3, 0.4) is 0 Å². The van der Waals surface area contributed by atoms with Crippen molar-refractivity contribution < 1.29 is 0 Å². The fourth-order valence-corrected chi connectivity index (χ4v) is 4.43. The molecule has 4 rings (SSSR count). The van der Waals surface area contributed by atoms with Gasteiger partial charge in [0.1, 0.15) is 5.49 Å². The molecule has 1 N–H and O–H groups in total. The van der Waals surface area contributed by atoms with Crippen molar-refractivity contribution in [3.05, 3.63) is 88.2 Å². The van der Waals surface area contributed by atoms with Crippen molar-refractivity contribution in [2.24, 2.45) is 22.7 Å². The van der Waals surface area contributed by atoms with E-state index in [1.165, 1.54) is 27.8 Å². The predicted octanol–water partition coefficient (Wildman–Crippen LogP) is 6.55. The summed E-state index contributed by atoms with van der Waals surface area (Å²) in [6, 6.07) is 10.6. The molecule has 2 aromatic rings. The van der Waals surface area contributed by atoms with Gasteiger partial charge in [-0.3, -0.25) is 0 Å². The highest BCUT2D eigenvalue weighted by Crippen LogP contribution is 2.59. The first kappa shape index (κ1) is 19.0. The zero-order chi connectivity index (χ0) is 19.7. The number of aryl methyl sites for hydroxylation is 1. The Morgan fingerprint density at radius 3 is 2.89 bits per heavy atom. The molecule has 0 spiro atoms. The van der Waals surface area contributed by atoms with E-state index in [-0.39, 0.29) is 0 Å². The van der Waals surface area contributed by atoms with Crippen LogP contribution in [0, 0.1) is 24.7 Å². The standard InChI is InChI=1S/C25H27ClN2/c1-4-5-6-12-27-23-15-18(11-13-28-23)20-9-8-19-17(3)24(19)25(20)21-14-16(2)7-10-22(21)26/h6-15,17,19,24H,4-5H2,1-3H3,(H,27,28)/b12-6+. The molecule has 2 nitrogen and oxygen atoms in total. The molecule has 0 radical (unpaired) electrons. The first-order chi connectivity index (χ1) is 13.6. The number of halogens is 1. The Morgan fingerprint density at radius 1 is 1.21 bits per heavy atom. The number of pyridine rings is 1. The largest absolute Gasteiger partial charge is 0.347 e. The van der Waals surface area contributed by atoms with E-state index in [1.54, 1.807) is 0 Å². The number of hydrogen-bond donors (Lipinski definition) is 1. The molecule has 3 atom stereocenters. The second-order valence-corrected chi connectivity index (χ2v) is 8.30. The van der Waals surface area contributed by atoms with Crippen LogP contribution in [-0.4, -0.2) is 4.98 Å². The molecule has 3 heteroatoms. The second-order valence-electron chi connectivity index (χ2n) is 7.90. The third-order valence-electron chi connectivity index (χ3n) is 5.84. The van der Waals surface area contributed by atoms with Gasteiger partial charge >= 0.3 is 0 Å². The highest BCUT2D eigenvalue weighted by molar-refractivity contribution is 6.32. The van der Waals surface area contributed by atoms with Crippen LogP contribution in [0.5, 0.6) is 0 Å². The minimum atomic E-state index is 0.549. The molecular weight excluding hydrogens is 364 g/mol. The summed E-state index contributed by atoms with van der Waals surface area (Å²) in [6.45, 7) is 6.64. The van der Waals surface area contributed by atoms with Crippen molar-refractivity contribution >= 4 is 22.7 Å². The van der Waals surface area contributed by atoms with Crippen molar-refractivity contribution in [2.45, 2.75) is 33.6 Å². The Kier molecular flexibility index (Phi) is 5.41. The molecular formula is C25H27ClN2. The number of allylic oxidation sites excluding steroid dienone is 5. The Balaban J connectivity index is 1.83. The first-order valence-corrected chi connectivity index (χ1v) is 10.5. The molecule has 1 fully saturated rings. The zero-order valence-corrected chi connectivity index (χ0v) is 17.5. The van der Waals surface area contributed by atoms with Crippen molar-refractivity contribution in [3.8, 4) is 0 Å². The number of rotatable bonds is 5. The van der Waals surface area contributed by atoms with Gasteiger partial charge in [0.25, 0.3) is 0 Å². The minimum Gasteiger partial charge on any atom is -0.347 e. The summed E-state index contributed by atoms with van der Waals surface area (Å²) in [5.41, 5.74) is 7.11. The van der Waals surface area contributed by atoms with Gasteiger partial charge in [-0.1, -0.05) is 67.8 Å². The van der Waals surface area contributed by atoms with Gasteiger partial charge in [0.05, 0.1) is 0 Å². The molecule has 144 valence electrons. The smallest absolute Gasteiger partial charge is 0.130 e. The van der Waals surface area contributed by atoms with E-state index in [2.05, 4.69) is 73.2 Å². The molecule has 2 aliphatic rings. The lowest BCUT2D eigenvalue weighted by atomic mass is 9.87. The number of fused-ring (bicyclic) bond motifs is 1. The monoisotopic (exact) mass is 390 g/mol. The van der Waals surface area contributed by atoms with Gasteiger partial charge in [-0.05, 0) is 71.6 Å². The summed E-state index contributed by atoms with van der Waals surface area (Å²) in [6.07, 6.45) is 12.8. The summed E-state index contributed by atoms with van der Waals surface area (Å²) in [5, 5.41) is 0.834. The number of nitrogens with one attached hydrogen (secondary N) is 1. The maximum absolute atomic E-state index is 6.65. The van der Waals surface area contributed by atoms with E-state index in [0.717, 1.165) is 23.4 Å². The highest BCUT2D eigenvalue weighted by atomic mass is 35.5. The average Bonchev–Trinajstić information content (AvgIpc) is 3.37. The van der Waals surface area contributed by atoms with Crippen LogP contribution in [0.25, 0.3) is 11.1 Å². The zero-order valence-electron chi connectivity index (χ0n) is 16.7. The van der Waals surface area contributed by atoms with Gasteiger partial charge < -0.3 is 4.98 Å². The van der Waals surface area contributed by atoms with Gasteiger partial charge in [0, 0.05) is 17.4 Å². The minimum absolute atomic E-state index is 0.549. The number of unbranched alkanes of at least 4 members (excludes halogenated alkanes) is 1. The number of nitrogens with zero attached hydrogens (tertiary/aromatic N) is 1. The van der Waals surface area contributed by atoms with Crippen LogP contribution in [-0.2, 0) is 0 Å². The second kappa shape index (κ2) is 7.97. The fourth-order valence-electron chi connectivity index (χ4n) is 4.21. The number of H-pyrrole nitrogens is 1. The van der Waals surface area contributed by atoms with Crippen molar-refractivity contribution in [1.82, 2.24) is 4.98 Å². The van der Waals surface area contributed by atoms with Crippen molar-refractivity contribution in [1.29, 1.82) is 0 Å².